The van der Waals surface area contributed by atoms with Crippen LogP contribution in [0.15, 0.2) is 18.5 Å². The molecule has 0 aliphatic heterocycles. The van der Waals surface area contributed by atoms with Crippen molar-refractivity contribution in [1.82, 2.24) is 20.0 Å². The van der Waals surface area contributed by atoms with Crippen LogP contribution >= 0.6 is 0 Å². The van der Waals surface area contributed by atoms with Gasteiger partial charge in [0.2, 0.25) is 0 Å². The molecule has 0 fully saturated rings. The normalized spacial score (nSPS) is 12.0. The molecular formula is C17H30N6+2. The minimum atomic E-state index is 0.916. The molecule has 1 N–H and O–H groups in total. The maximum atomic E-state index is 4.48. The van der Waals surface area contributed by atoms with Crippen molar-refractivity contribution in [2.75, 3.05) is 56.4 Å². The van der Waals surface area contributed by atoms with Crippen molar-refractivity contribution in [3.05, 3.63) is 29.9 Å². The zero-order chi connectivity index (χ0) is 17.6. The van der Waals surface area contributed by atoms with E-state index in [1.165, 1.54) is 0 Å². The van der Waals surface area contributed by atoms with Gasteiger partial charge in [-0.1, -0.05) is 0 Å². The zero-order valence-corrected chi connectivity index (χ0v) is 15.6. The van der Waals surface area contributed by atoms with Gasteiger partial charge in [0.05, 0.1) is 16.8 Å². The predicted molar refractivity (Wildman–Crippen MR) is 98.3 cm³/mol. The third kappa shape index (κ3) is 6.50. The van der Waals surface area contributed by atoms with Gasteiger partial charge in [0.1, 0.15) is 33.9 Å². The molecule has 6 nitrogen and oxygen atoms in total. The summed E-state index contributed by atoms with van der Waals surface area (Å²) in [6, 6.07) is 2.07. The molecule has 0 radical (unpaired) electrons. The number of nitrogens with zero attached hydrogens (tertiary/aromatic N) is 5. The van der Waals surface area contributed by atoms with E-state index in [-0.39, 0.29) is 0 Å². The number of aromatic amines is 1. The first-order valence-corrected chi connectivity index (χ1v) is 7.54. The summed E-state index contributed by atoms with van der Waals surface area (Å²) in [5, 5.41) is 7.63. The Balaban J connectivity index is 3.30. The number of hydrogen-bond donors (Lipinski definition) is 1. The summed E-state index contributed by atoms with van der Waals surface area (Å²) in [7, 11) is 16.1. The summed E-state index contributed by atoms with van der Waals surface area (Å²) in [6.45, 7) is 0. The van der Waals surface area contributed by atoms with Crippen LogP contribution in [0.1, 0.15) is 11.4 Å². The molecule has 1 rings (SSSR count). The number of allylic oxidation sites excluding steroid dienone is 2. The Morgan fingerprint density at radius 3 is 1.87 bits per heavy atom. The van der Waals surface area contributed by atoms with Gasteiger partial charge in [-0.3, -0.25) is 5.10 Å². The molecule has 126 valence electrons. The van der Waals surface area contributed by atoms with Crippen molar-refractivity contribution < 1.29 is 9.15 Å². The summed E-state index contributed by atoms with van der Waals surface area (Å²) in [6.07, 6.45) is 8.26. The Hall–Kier alpha value is -2.37. The van der Waals surface area contributed by atoms with E-state index in [0.717, 1.165) is 22.5 Å². The molecule has 0 aromatic carbocycles. The summed E-state index contributed by atoms with van der Waals surface area (Å²) < 4.78 is 4.05. The molecule has 1 aromatic rings. The molecule has 0 saturated carbocycles. The summed E-state index contributed by atoms with van der Waals surface area (Å²) in [4.78, 5) is 4.05. The quantitative estimate of drug-likeness (QED) is 0.626. The molecule has 0 bridgehead atoms. The van der Waals surface area contributed by atoms with Crippen molar-refractivity contribution in [3.63, 3.8) is 0 Å². The average molecular weight is 318 g/mol. The molecule has 0 saturated heterocycles. The fourth-order valence-electron chi connectivity index (χ4n) is 2.07. The van der Waals surface area contributed by atoms with Crippen LogP contribution in [0.2, 0.25) is 0 Å². The number of hydrogen-bond acceptors (Lipinski definition) is 3. The first-order chi connectivity index (χ1) is 10.7. The van der Waals surface area contributed by atoms with Gasteiger partial charge in [-0.25, -0.2) is 9.15 Å². The zero-order valence-electron chi connectivity index (χ0n) is 15.6. The number of rotatable bonds is 6. The number of H-pyrrole nitrogens is 1. The van der Waals surface area contributed by atoms with Crippen LogP contribution in [-0.2, 0) is 0 Å². The molecule has 1 heterocycles. The minimum absolute atomic E-state index is 0.916. The second-order valence-corrected chi connectivity index (χ2v) is 6.45. The predicted octanol–water partition coefficient (Wildman–Crippen LogP) is 0.901. The molecule has 23 heavy (non-hydrogen) atoms. The van der Waals surface area contributed by atoms with Gasteiger partial charge in [-0.05, 0) is 6.07 Å². The monoisotopic (exact) mass is 318 g/mol. The molecule has 0 aliphatic rings. The Morgan fingerprint density at radius 1 is 0.913 bits per heavy atom. The van der Waals surface area contributed by atoms with Crippen LogP contribution in [0.25, 0.3) is 11.1 Å². The van der Waals surface area contributed by atoms with Crippen LogP contribution in [0.5, 0.6) is 0 Å². The first kappa shape index (κ1) is 18.7. The van der Waals surface area contributed by atoms with Gasteiger partial charge < -0.3 is 9.80 Å². The Kier molecular flexibility index (Phi) is 6.75. The maximum absolute atomic E-state index is 4.48. The molecule has 0 aliphatic carbocycles. The molecule has 0 atom stereocenters. The largest absolute Gasteiger partial charge is 0.383 e. The summed E-state index contributed by atoms with van der Waals surface area (Å²) in [5.74, 6) is 0. The van der Waals surface area contributed by atoms with E-state index in [1.807, 2.05) is 75.3 Å². The van der Waals surface area contributed by atoms with Crippen molar-refractivity contribution in [1.29, 1.82) is 0 Å². The van der Waals surface area contributed by atoms with Gasteiger partial charge in [0.15, 0.2) is 12.4 Å². The van der Waals surface area contributed by atoms with E-state index in [2.05, 4.69) is 41.1 Å². The first-order valence-electron chi connectivity index (χ1n) is 7.54. The van der Waals surface area contributed by atoms with Crippen LogP contribution in [-0.4, -0.2) is 98.0 Å². The third-order valence-electron chi connectivity index (χ3n) is 2.77. The standard InChI is InChI=1S/C17H30N6/c1-20(2)10-14(11-21(3)4)16-9-17(19-18-16)15(12-22(5)6)13-23(7)8/h9-13H,1-8H3,(H,18,19)/q+2. The van der Waals surface area contributed by atoms with Gasteiger partial charge >= 0.3 is 0 Å². The van der Waals surface area contributed by atoms with Crippen LogP contribution in [0.3, 0.4) is 0 Å². The Bertz CT molecular complexity index is 581. The Labute approximate surface area is 139 Å². The fraction of sp³-hybridized carbons (Fsp3) is 0.471. The summed E-state index contributed by atoms with van der Waals surface area (Å²) in [5.41, 5.74) is 4.03. The fourth-order valence-corrected chi connectivity index (χ4v) is 2.07. The van der Waals surface area contributed by atoms with Crippen molar-refractivity contribution in [2.45, 2.75) is 0 Å². The lowest BCUT2D eigenvalue weighted by Gasteiger charge is -2.06. The molecular weight excluding hydrogens is 288 g/mol. The number of nitrogens with one attached hydrogen (secondary N) is 1. The molecule has 0 unspecified atom stereocenters. The second-order valence-electron chi connectivity index (χ2n) is 6.45. The highest BCUT2D eigenvalue weighted by atomic mass is 15.1. The van der Waals surface area contributed by atoms with Gasteiger partial charge in [-0.15, -0.1) is 0 Å². The lowest BCUT2D eigenvalue weighted by atomic mass is 10.1. The van der Waals surface area contributed by atoms with Crippen molar-refractivity contribution >= 4 is 23.6 Å². The molecule has 1 aromatic heterocycles. The second kappa shape index (κ2) is 8.31. The van der Waals surface area contributed by atoms with Crippen molar-refractivity contribution in [2.24, 2.45) is 0 Å². The highest BCUT2D eigenvalue weighted by Crippen LogP contribution is 2.16. The minimum Gasteiger partial charge on any atom is -0.383 e. The van der Waals surface area contributed by atoms with Crippen LogP contribution < -0.4 is 0 Å². The average Bonchev–Trinajstić information content (AvgIpc) is 2.84. The SMILES string of the molecule is CN(C)/C=C(\C=[N+](C)C)c1cc(/C(C=[N+](C)C)=C\N(C)C)[nH]n1. The van der Waals surface area contributed by atoms with Gasteiger partial charge in [0.25, 0.3) is 0 Å². The van der Waals surface area contributed by atoms with Gasteiger partial charge in [0, 0.05) is 40.6 Å². The molecule has 0 spiro atoms. The van der Waals surface area contributed by atoms with E-state index in [0.29, 0.717) is 0 Å². The van der Waals surface area contributed by atoms with E-state index >= 15 is 0 Å². The van der Waals surface area contributed by atoms with Crippen LogP contribution in [0, 0.1) is 0 Å². The van der Waals surface area contributed by atoms with E-state index in [4.69, 9.17) is 0 Å². The highest BCUT2D eigenvalue weighted by Gasteiger charge is 2.12. The third-order valence-corrected chi connectivity index (χ3v) is 2.77. The molecule has 6 heteroatoms. The lowest BCUT2D eigenvalue weighted by molar-refractivity contribution is -0.458. The smallest absolute Gasteiger partial charge is 0.173 e. The van der Waals surface area contributed by atoms with E-state index in [9.17, 15) is 0 Å². The molecule has 0 amide bonds. The maximum Gasteiger partial charge on any atom is 0.173 e. The van der Waals surface area contributed by atoms with Crippen molar-refractivity contribution in [3.8, 4) is 0 Å². The van der Waals surface area contributed by atoms with E-state index in [1.54, 1.807) is 0 Å². The highest BCUT2D eigenvalue weighted by molar-refractivity contribution is 6.09. The topological polar surface area (TPSA) is 41.2 Å². The number of aromatic nitrogens is 2. The van der Waals surface area contributed by atoms with Crippen LogP contribution in [0.4, 0.5) is 0 Å². The summed E-state index contributed by atoms with van der Waals surface area (Å²) >= 11 is 0. The lowest BCUT2D eigenvalue weighted by Crippen LogP contribution is -2.07. The van der Waals surface area contributed by atoms with E-state index < -0.39 is 0 Å². The van der Waals surface area contributed by atoms with Gasteiger partial charge in [-0.2, -0.15) is 5.10 Å². The Morgan fingerprint density at radius 2 is 1.39 bits per heavy atom.